The molecule has 1 aliphatic carbocycles. The number of amides is 2. The number of carbonyl (C=O) groups is 1. The largest absolute Gasteiger partial charge is 0.337 e. The lowest BCUT2D eigenvalue weighted by atomic mass is 9.64. The standard InChI is InChI=1S/C19H22N2O/c1-15-7-5-10-17(13-15)21-18(22)20-14-19(11-6-12-19)16-8-3-2-4-9-16/h2-5,7-10,13H,6,11-12,14H2,1H3,(H2,20,21,22). The van der Waals surface area contributed by atoms with Crippen molar-refractivity contribution in [2.45, 2.75) is 31.6 Å². The van der Waals surface area contributed by atoms with Gasteiger partial charge in [-0.2, -0.15) is 0 Å². The van der Waals surface area contributed by atoms with Crippen LogP contribution in [0.25, 0.3) is 0 Å². The fourth-order valence-electron chi connectivity index (χ4n) is 3.11. The quantitative estimate of drug-likeness (QED) is 0.870. The maximum absolute atomic E-state index is 12.1. The molecule has 3 nitrogen and oxygen atoms in total. The molecule has 0 spiro atoms. The zero-order valence-corrected chi connectivity index (χ0v) is 12.9. The first-order valence-electron chi connectivity index (χ1n) is 7.85. The van der Waals surface area contributed by atoms with Gasteiger partial charge in [0.2, 0.25) is 0 Å². The van der Waals surface area contributed by atoms with Gasteiger partial charge in [0, 0.05) is 17.6 Å². The van der Waals surface area contributed by atoms with Gasteiger partial charge in [-0.3, -0.25) is 0 Å². The molecule has 3 rings (SSSR count). The number of urea groups is 1. The molecule has 114 valence electrons. The average molecular weight is 294 g/mol. The molecule has 0 atom stereocenters. The van der Waals surface area contributed by atoms with E-state index >= 15 is 0 Å². The summed E-state index contributed by atoms with van der Waals surface area (Å²) >= 11 is 0. The lowest BCUT2D eigenvalue weighted by Crippen LogP contribution is -2.46. The van der Waals surface area contributed by atoms with Crippen molar-refractivity contribution in [2.75, 3.05) is 11.9 Å². The molecule has 22 heavy (non-hydrogen) atoms. The second kappa shape index (κ2) is 6.22. The first-order chi connectivity index (χ1) is 10.7. The molecule has 0 aliphatic heterocycles. The van der Waals surface area contributed by atoms with Crippen LogP contribution in [0.1, 0.15) is 30.4 Å². The van der Waals surface area contributed by atoms with E-state index in [1.165, 1.54) is 12.0 Å². The highest BCUT2D eigenvalue weighted by Gasteiger charge is 2.38. The molecule has 2 aromatic carbocycles. The van der Waals surface area contributed by atoms with Gasteiger partial charge in [0.1, 0.15) is 0 Å². The Morgan fingerprint density at radius 3 is 2.50 bits per heavy atom. The third-order valence-electron chi connectivity index (χ3n) is 4.56. The summed E-state index contributed by atoms with van der Waals surface area (Å²) in [4.78, 5) is 12.1. The summed E-state index contributed by atoms with van der Waals surface area (Å²) in [6.07, 6.45) is 3.51. The molecule has 2 N–H and O–H groups in total. The number of hydrogen-bond donors (Lipinski definition) is 2. The summed E-state index contributed by atoms with van der Waals surface area (Å²) in [5, 5.41) is 5.95. The highest BCUT2D eigenvalue weighted by atomic mass is 16.2. The van der Waals surface area contributed by atoms with Gasteiger partial charge in [0.05, 0.1) is 0 Å². The van der Waals surface area contributed by atoms with Gasteiger partial charge in [-0.25, -0.2) is 4.79 Å². The van der Waals surface area contributed by atoms with E-state index < -0.39 is 0 Å². The number of anilines is 1. The van der Waals surface area contributed by atoms with Crippen LogP contribution in [0.4, 0.5) is 10.5 Å². The fourth-order valence-corrected chi connectivity index (χ4v) is 3.11. The SMILES string of the molecule is Cc1cccc(NC(=O)NCC2(c3ccccc3)CCC2)c1. The van der Waals surface area contributed by atoms with Crippen LogP contribution in [0.15, 0.2) is 54.6 Å². The summed E-state index contributed by atoms with van der Waals surface area (Å²) in [6, 6.07) is 18.2. The van der Waals surface area contributed by atoms with E-state index in [1.54, 1.807) is 0 Å². The zero-order chi connectivity index (χ0) is 15.4. The molecule has 0 bridgehead atoms. The number of nitrogens with one attached hydrogen (secondary N) is 2. The highest BCUT2D eigenvalue weighted by Crippen LogP contribution is 2.43. The van der Waals surface area contributed by atoms with Gasteiger partial charge >= 0.3 is 6.03 Å². The maximum Gasteiger partial charge on any atom is 0.319 e. The lowest BCUT2D eigenvalue weighted by molar-refractivity contribution is 0.222. The van der Waals surface area contributed by atoms with Gasteiger partial charge in [-0.15, -0.1) is 0 Å². The summed E-state index contributed by atoms with van der Waals surface area (Å²) in [5.74, 6) is 0. The van der Waals surface area contributed by atoms with Gasteiger partial charge in [0.15, 0.2) is 0 Å². The van der Waals surface area contributed by atoms with Crippen molar-refractivity contribution in [1.82, 2.24) is 5.32 Å². The normalized spacial score (nSPS) is 15.7. The average Bonchev–Trinajstić information content (AvgIpc) is 2.47. The Bertz CT molecular complexity index is 647. The van der Waals surface area contributed by atoms with Gasteiger partial charge in [-0.1, -0.05) is 48.9 Å². The van der Waals surface area contributed by atoms with E-state index in [9.17, 15) is 4.79 Å². The molecule has 0 heterocycles. The van der Waals surface area contributed by atoms with E-state index in [-0.39, 0.29) is 11.4 Å². The van der Waals surface area contributed by atoms with E-state index in [1.807, 2.05) is 37.3 Å². The predicted molar refractivity (Wildman–Crippen MR) is 90.2 cm³/mol. The third-order valence-corrected chi connectivity index (χ3v) is 4.56. The van der Waals surface area contributed by atoms with Crippen LogP contribution in [0, 0.1) is 6.92 Å². The molecule has 3 heteroatoms. The van der Waals surface area contributed by atoms with Crippen LogP contribution in [0.3, 0.4) is 0 Å². The number of aryl methyl sites for hydroxylation is 1. The molecular weight excluding hydrogens is 272 g/mol. The molecule has 1 aliphatic rings. The summed E-state index contributed by atoms with van der Waals surface area (Å²) < 4.78 is 0. The van der Waals surface area contributed by atoms with Crippen molar-refractivity contribution in [3.8, 4) is 0 Å². The first-order valence-corrected chi connectivity index (χ1v) is 7.85. The Hall–Kier alpha value is -2.29. The summed E-state index contributed by atoms with van der Waals surface area (Å²) in [6.45, 7) is 2.70. The lowest BCUT2D eigenvalue weighted by Gasteiger charge is -2.42. The third kappa shape index (κ3) is 3.14. The van der Waals surface area contributed by atoms with Crippen LogP contribution in [0.5, 0.6) is 0 Å². The highest BCUT2D eigenvalue weighted by molar-refractivity contribution is 5.89. The Kier molecular flexibility index (Phi) is 4.14. The van der Waals surface area contributed by atoms with Gasteiger partial charge in [0.25, 0.3) is 0 Å². The van der Waals surface area contributed by atoms with Gasteiger partial charge in [-0.05, 0) is 43.0 Å². The Labute approximate surface area is 131 Å². The topological polar surface area (TPSA) is 41.1 Å². The van der Waals surface area contributed by atoms with E-state index in [4.69, 9.17) is 0 Å². The molecule has 0 radical (unpaired) electrons. The van der Waals surface area contributed by atoms with Crippen molar-refractivity contribution in [2.24, 2.45) is 0 Å². The Balaban J connectivity index is 1.60. The second-order valence-electron chi connectivity index (χ2n) is 6.18. The number of benzene rings is 2. The Morgan fingerprint density at radius 2 is 1.86 bits per heavy atom. The molecule has 0 saturated heterocycles. The van der Waals surface area contributed by atoms with E-state index in [0.717, 1.165) is 24.1 Å². The predicted octanol–water partition coefficient (Wildman–Crippen LogP) is 4.24. The number of hydrogen-bond acceptors (Lipinski definition) is 1. The van der Waals surface area contributed by atoms with E-state index in [0.29, 0.717) is 6.54 Å². The summed E-state index contributed by atoms with van der Waals surface area (Å²) in [7, 11) is 0. The van der Waals surface area contributed by atoms with Crippen molar-refractivity contribution < 1.29 is 4.79 Å². The summed E-state index contributed by atoms with van der Waals surface area (Å²) in [5.41, 5.74) is 3.42. The Morgan fingerprint density at radius 1 is 1.09 bits per heavy atom. The zero-order valence-electron chi connectivity index (χ0n) is 12.9. The van der Waals surface area contributed by atoms with Crippen LogP contribution in [0.2, 0.25) is 0 Å². The molecule has 2 aromatic rings. The van der Waals surface area contributed by atoms with Crippen LogP contribution in [-0.2, 0) is 5.41 Å². The molecule has 2 amide bonds. The van der Waals surface area contributed by atoms with Crippen molar-refractivity contribution >= 4 is 11.7 Å². The monoisotopic (exact) mass is 294 g/mol. The minimum absolute atomic E-state index is 0.116. The molecule has 1 saturated carbocycles. The smallest absolute Gasteiger partial charge is 0.319 e. The van der Waals surface area contributed by atoms with Crippen molar-refractivity contribution in [3.63, 3.8) is 0 Å². The molecular formula is C19H22N2O. The minimum Gasteiger partial charge on any atom is -0.337 e. The molecule has 1 fully saturated rings. The van der Waals surface area contributed by atoms with Crippen molar-refractivity contribution in [1.29, 1.82) is 0 Å². The maximum atomic E-state index is 12.1. The fraction of sp³-hybridized carbons (Fsp3) is 0.316. The molecule has 0 aromatic heterocycles. The molecule has 0 unspecified atom stereocenters. The van der Waals surface area contributed by atoms with Crippen LogP contribution < -0.4 is 10.6 Å². The minimum atomic E-state index is -0.132. The first kappa shape index (κ1) is 14.6. The van der Waals surface area contributed by atoms with E-state index in [2.05, 4.69) is 34.9 Å². The van der Waals surface area contributed by atoms with Crippen LogP contribution in [-0.4, -0.2) is 12.6 Å². The number of rotatable bonds is 4. The van der Waals surface area contributed by atoms with Crippen molar-refractivity contribution in [3.05, 3.63) is 65.7 Å². The second-order valence-corrected chi connectivity index (χ2v) is 6.18. The number of carbonyl (C=O) groups excluding carboxylic acids is 1. The van der Waals surface area contributed by atoms with Crippen LogP contribution >= 0.6 is 0 Å². The van der Waals surface area contributed by atoms with Gasteiger partial charge < -0.3 is 10.6 Å².